The molecule has 1 amide bonds. The highest BCUT2D eigenvalue weighted by Crippen LogP contribution is 2.22. The zero-order valence-corrected chi connectivity index (χ0v) is 13.7. The Hall–Kier alpha value is -1.43. The Morgan fingerprint density at radius 3 is 2.95 bits per heavy atom. The van der Waals surface area contributed by atoms with E-state index in [1.165, 1.54) is 16.9 Å². The second-order valence-corrected chi connectivity index (χ2v) is 7.03. The monoisotopic (exact) mass is 335 g/mol. The smallest absolute Gasteiger partial charge is 0.227 e. The molecule has 0 spiro atoms. The Kier molecular flexibility index (Phi) is 5.08. The Morgan fingerprint density at radius 1 is 1.41 bits per heavy atom. The van der Waals surface area contributed by atoms with E-state index in [0.717, 1.165) is 35.7 Å². The van der Waals surface area contributed by atoms with Gasteiger partial charge in [0.1, 0.15) is 0 Å². The number of carbonyl (C=O) groups is 1. The van der Waals surface area contributed by atoms with Gasteiger partial charge >= 0.3 is 0 Å². The van der Waals surface area contributed by atoms with E-state index in [2.05, 4.69) is 15.6 Å². The fraction of sp³-hybridized carbons (Fsp3) is 0.375. The van der Waals surface area contributed by atoms with Crippen molar-refractivity contribution in [2.24, 2.45) is 0 Å². The van der Waals surface area contributed by atoms with Crippen molar-refractivity contribution in [1.82, 2.24) is 10.3 Å². The molecule has 1 aliphatic heterocycles. The quantitative estimate of drug-likeness (QED) is 0.879. The van der Waals surface area contributed by atoms with Crippen LogP contribution in [0.4, 0.5) is 5.13 Å². The molecule has 6 heteroatoms. The molecule has 1 unspecified atom stereocenters. The van der Waals surface area contributed by atoms with Crippen LogP contribution in [0, 0.1) is 0 Å². The van der Waals surface area contributed by atoms with Gasteiger partial charge in [-0.3, -0.25) is 4.79 Å². The molecule has 2 N–H and O–H groups in total. The Morgan fingerprint density at radius 2 is 2.23 bits per heavy atom. The number of amides is 1. The van der Waals surface area contributed by atoms with Gasteiger partial charge < -0.3 is 10.6 Å². The number of hydrogen-bond acceptors (Lipinski definition) is 4. The average Bonchev–Trinajstić information content (AvgIpc) is 3.14. The van der Waals surface area contributed by atoms with Gasteiger partial charge in [-0.2, -0.15) is 0 Å². The normalized spacial score (nSPS) is 17.6. The first-order valence-corrected chi connectivity index (χ1v) is 8.61. The number of nitrogens with one attached hydrogen (secondary N) is 2. The Balaban J connectivity index is 1.54. The lowest BCUT2D eigenvalue weighted by Gasteiger charge is -2.08. The number of halogens is 1. The maximum atomic E-state index is 12.0. The average molecular weight is 336 g/mol. The molecule has 0 aliphatic carbocycles. The molecule has 0 bridgehead atoms. The summed E-state index contributed by atoms with van der Waals surface area (Å²) in [6.07, 6.45) is 5.37. The van der Waals surface area contributed by atoms with Crippen LogP contribution in [0.2, 0.25) is 5.02 Å². The van der Waals surface area contributed by atoms with Crippen molar-refractivity contribution in [2.75, 3.05) is 11.9 Å². The van der Waals surface area contributed by atoms with Crippen LogP contribution in [-0.4, -0.2) is 23.5 Å². The molecule has 2 aromatic rings. The summed E-state index contributed by atoms with van der Waals surface area (Å²) < 4.78 is 0. The van der Waals surface area contributed by atoms with E-state index in [9.17, 15) is 4.79 Å². The predicted octanol–water partition coefficient (Wildman–Crippen LogP) is 3.47. The Bertz CT molecular complexity index is 635. The standard InChI is InChI=1S/C16H18ClN3OS/c17-12-5-3-11(4-6-12)8-14-10-19-16(22-14)20-15(21)9-13-2-1-7-18-13/h3-6,10,13,18H,1-2,7-9H2,(H,19,20,21). The third-order valence-electron chi connectivity index (χ3n) is 3.69. The summed E-state index contributed by atoms with van der Waals surface area (Å²) in [7, 11) is 0. The highest BCUT2D eigenvalue weighted by Gasteiger charge is 2.18. The van der Waals surface area contributed by atoms with E-state index in [-0.39, 0.29) is 5.91 Å². The molecular formula is C16H18ClN3OS. The summed E-state index contributed by atoms with van der Waals surface area (Å²) in [5.74, 6) is 0.0341. The van der Waals surface area contributed by atoms with Crippen molar-refractivity contribution in [2.45, 2.75) is 31.7 Å². The molecule has 0 saturated carbocycles. The fourth-order valence-electron chi connectivity index (χ4n) is 2.58. The van der Waals surface area contributed by atoms with Gasteiger partial charge in [-0.15, -0.1) is 11.3 Å². The first-order chi connectivity index (χ1) is 10.7. The number of thiazole rings is 1. The summed E-state index contributed by atoms with van der Waals surface area (Å²) in [6.45, 7) is 1.01. The Labute approximate surface area is 138 Å². The summed E-state index contributed by atoms with van der Waals surface area (Å²) in [5.41, 5.74) is 1.18. The second kappa shape index (κ2) is 7.22. The lowest BCUT2D eigenvalue weighted by atomic mass is 10.1. The molecule has 1 saturated heterocycles. The first-order valence-electron chi connectivity index (χ1n) is 7.41. The predicted molar refractivity (Wildman–Crippen MR) is 90.6 cm³/mol. The van der Waals surface area contributed by atoms with E-state index < -0.39 is 0 Å². The van der Waals surface area contributed by atoms with Crippen molar-refractivity contribution in [3.8, 4) is 0 Å². The number of nitrogens with zero attached hydrogens (tertiary/aromatic N) is 1. The van der Waals surface area contributed by atoms with Crippen molar-refractivity contribution in [3.63, 3.8) is 0 Å². The molecule has 1 aliphatic rings. The van der Waals surface area contributed by atoms with Crippen LogP contribution < -0.4 is 10.6 Å². The molecule has 1 aromatic carbocycles. The molecule has 22 heavy (non-hydrogen) atoms. The molecule has 1 aromatic heterocycles. The molecule has 4 nitrogen and oxygen atoms in total. The van der Waals surface area contributed by atoms with Crippen LogP contribution in [0.3, 0.4) is 0 Å². The van der Waals surface area contributed by atoms with Gasteiger partial charge in [0.2, 0.25) is 5.91 Å². The van der Waals surface area contributed by atoms with Crippen molar-refractivity contribution < 1.29 is 4.79 Å². The van der Waals surface area contributed by atoms with Crippen LogP contribution >= 0.6 is 22.9 Å². The maximum absolute atomic E-state index is 12.0. The van der Waals surface area contributed by atoms with Crippen LogP contribution in [0.15, 0.2) is 30.5 Å². The molecule has 1 atom stereocenters. The van der Waals surface area contributed by atoms with E-state index >= 15 is 0 Å². The van der Waals surface area contributed by atoms with E-state index in [4.69, 9.17) is 11.6 Å². The topological polar surface area (TPSA) is 54.0 Å². The van der Waals surface area contributed by atoms with Crippen LogP contribution in [0.25, 0.3) is 0 Å². The van der Waals surface area contributed by atoms with Crippen molar-refractivity contribution in [3.05, 3.63) is 45.9 Å². The minimum absolute atomic E-state index is 0.0341. The zero-order chi connectivity index (χ0) is 15.4. The van der Waals surface area contributed by atoms with Crippen molar-refractivity contribution in [1.29, 1.82) is 0 Å². The third kappa shape index (κ3) is 4.29. The van der Waals surface area contributed by atoms with Crippen LogP contribution in [-0.2, 0) is 11.2 Å². The van der Waals surface area contributed by atoms with Gasteiger partial charge in [-0.25, -0.2) is 4.98 Å². The highest BCUT2D eigenvalue weighted by molar-refractivity contribution is 7.15. The highest BCUT2D eigenvalue weighted by atomic mass is 35.5. The third-order valence-corrected chi connectivity index (χ3v) is 4.85. The number of hydrogen-bond donors (Lipinski definition) is 2. The van der Waals surface area contributed by atoms with Crippen molar-refractivity contribution >= 4 is 34.0 Å². The fourth-order valence-corrected chi connectivity index (χ4v) is 3.56. The van der Waals surface area contributed by atoms with Gasteiger partial charge in [0, 0.05) is 35.0 Å². The van der Waals surface area contributed by atoms with Gasteiger partial charge in [-0.1, -0.05) is 23.7 Å². The lowest BCUT2D eigenvalue weighted by molar-refractivity contribution is -0.116. The first kappa shape index (κ1) is 15.5. The summed E-state index contributed by atoms with van der Waals surface area (Å²) in [6, 6.07) is 8.09. The number of aromatic nitrogens is 1. The van der Waals surface area contributed by atoms with Gasteiger partial charge in [0.15, 0.2) is 5.13 Å². The minimum atomic E-state index is 0.0341. The molecule has 2 heterocycles. The van der Waals surface area contributed by atoms with E-state index in [1.54, 1.807) is 0 Å². The zero-order valence-electron chi connectivity index (χ0n) is 12.1. The van der Waals surface area contributed by atoms with E-state index in [0.29, 0.717) is 17.6 Å². The maximum Gasteiger partial charge on any atom is 0.227 e. The largest absolute Gasteiger partial charge is 0.313 e. The van der Waals surface area contributed by atoms with Crippen LogP contribution in [0.5, 0.6) is 0 Å². The number of carbonyl (C=O) groups excluding carboxylic acids is 1. The SMILES string of the molecule is O=C(CC1CCCN1)Nc1ncc(Cc2ccc(Cl)cc2)s1. The number of benzene rings is 1. The molecule has 3 rings (SSSR count). The number of rotatable bonds is 5. The van der Waals surface area contributed by atoms with Gasteiger partial charge in [0.05, 0.1) is 0 Å². The second-order valence-electron chi connectivity index (χ2n) is 5.48. The summed E-state index contributed by atoms with van der Waals surface area (Å²) in [4.78, 5) is 17.4. The molecule has 1 fully saturated rings. The van der Waals surface area contributed by atoms with Crippen LogP contribution in [0.1, 0.15) is 29.7 Å². The molecule has 116 valence electrons. The van der Waals surface area contributed by atoms with Gasteiger partial charge in [0.25, 0.3) is 0 Å². The van der Waals surface area contributed by atoms with E-state index in [1.807, 2.05) is 30.5 Å². The number of anilines is 1. The minimum Gasteiger partial charge on any atom is -0.313 e. The molecule has 0 radical (unpaired) electrons. The summed E-state index contributed by atoms with van der Waals surface area (Å²) >= 11 is 7.41. The van der Waals surface area contributed by atoms with Gasteiger partial charge in [-0.05, 0) is 37.1 Å². The molecular weight excluding hydrogens is 318 g/mol. The lowest BCUT2D eigenvalue weighted by Crippen LogP contribution is -2.27. The summed E-state index contributed by atoms with van der Waals surface area (Å²) in [5, 5.41) is 7.63.